The first kappa shape index (κ1) is 17.5. The molecule has 3 atom stereocenters. The van der Waals surface area contributed by atoms with Crippen molar-refractivity contribution >= 4 is 0 Å². The Bertz CT molecular complexity index is 721. The number of nitrogens with zero attached hydrogens (tertiary/aromatic N) is 1. The summed E-state index contributed by atoms with van der Waals surface area (Å²) in [6.07, 6.45) is 7.88. The highest BCUT2D eigenvalue weighted by atomic mass is 16.5. The maximum absolute atomic E-state index is 9.87. The standard InChI is InChI=1S/C22H28N2O2/c25-16-22-9-4-6-18(22)12-20(13-22)24-14-17-5-3-8-21(11-17)26-15-19-7-1-2-10-23-19/h1-3,5,7-8,10-11,18,20,24-25H,4,6,9,12-16H2/t18-,20+,22+/m0/s1. The lowest BCUT2D eigenvalue weighted by molar-refractivity contribution is 0.104. The summed E-state index contributed by atoms with van der Waals surface area (Å²) in [4.78, 5) is 4.29. The van der Waals surface area contributed by atoms with Crippen molar-refractivity contribution in [3.05, 3.63) is 59.9 Å². The molecule has 1 aromatic heterocycles. The molecule has 0 bridgehead atoms. The number of fused-ring (bicyclic) bond motifs is 1. The largest absolute Gasteiger partial charge is 0.487 e. The highest BCUT2D eigenvalue weighted by molar-refractivity contribution is 5.28. The number of nitrogens with one attached hydrogen (secondary N) is 1. The number of aliphatic hydroxyl groups excluding tert-OH is 1. The van der Waals surface area contributed by atoms with Crippen LogP contribution in [0.15, 0.2) is 48.7 Å². The normalized spacial score (nSPS) is 27.4. The second-order valence-electron chi connectivity index (χ2n) is 7.88. The highest BCUT2D eigenvalue weighted by Crippen LogP contribution is 2.53. The van der Waals surface area contributed by atoms with E-state index in [2.05, 4.69) is 22.4 Å². The third kappa shape index (κ3) is 3.76. The minimum Gasteiger partial charge on any atom is -0.487 e. The van der Waals surface area contributed by atoms with Gasteiger partial charge in [-0.15, -0.1) is 0 Å². The molecule has 0 saturated heterocycles. The number of hydrogen-bond donors (Lipinski definition) is 2. The first-order valence-corrected chi connectivity index (χ1v) is 9.73. The van der Waals surface area contributed by atoms with Crippen LogP contribution in [0.3, 0.4) is 0 Å². The Morgan fingerprint density at radius 1 is 1.23 bits per heavy atom. The van der Waals surface area contributed by atoms with Crippen LogP contribution in [0.25, 0.3) is 0 Å². The number of benzene rings is 1. The average molecular weight is 352 g/mol. The van der Waals surface area contributed by atoms with E-state index in [1.54, 1.807) is 6.20 Å². The van der Waals surface area contributed by atoms with E-state index in [4.69, 9.17) is 4.74 Å². The molecule has 26 heavy (non-hydrogen) atoms. The molecule has 0 amide bonds. The summed E-state index contributed by atoms with van der Waals surface area (Å²) in [6.45, 7) is 1.69. The van der Waals surface area contributed by atoms with E-state index in [1.807, 2.05) is 30.3 Å². The van der Waals surface area contributed by atoms with Gasteiger partial charge in [-0.2, -0.15) is 0 Å². The van der Waals surface area contributed by atoms with Gasteiger partial charge in [0.15, 0.2) is 0 Å². The van der Waals surface area contributed by atoms with Crippen LogP contribution >= 0.6 is 0 Å². The number of rotatable bonds is 7. The van der Waals surface area contributed by atoms with Crippen LogP contribution < -0.4 is 10.1 Å². The van der Waals surface area contributed by atoms with Crippen molar-refractivity contribution in [1.29, 1.82) is 0 Å². The van der Waals surface area contributed by atoms with E-state index < -0.39 is 0 Å². The Morgan fingerprint density at radius 3 is 3.00 bits per heavy atom. The fourth-order valence-electron chi connectivity index (χ4n) is 4.84. The number of aliphatic hydroxyl groups is 1. The lowest BCUT2D eigenvalue weighted by Crippen LogP contribution is -2.29. The van der Waals surface area contributed by atoms with Crippen molar-refractivity contribution in [2.75, 3.05) is 6.61 Å². The summed E-state index contributed by atoms with van der Waals surface area (Å²) in [5.74, 6) is 1.59. The molecule has 1 aromatic carbocycles. The molecule has 138 valence electrons. The zero-order valence-electron chi connectivity index (χ0n) is 15.2. The SMILES string of the molecule is OC[C@]12CCC[C@H]1C[C@@H](NCc1cccc(OCc3ccccn3)c1)C2. The van der Waals surface area contributed by atoms with Crippen LogP contribution in [0.2, 0.25) is 0 Å². The second-order valence-corrected chi connectivity index (χ2v) is 7.88. The molecule has 4 heteroatoms. The van der Waals surface area contributed by atoms with Crippen LogP contribution in [-0.2, 0) is 13.2 Å². The number of aromatic nitrogens is 1. The van der Waals surface area contributed by atoms with E-state index in [0.29, 0.717) is 25.2 Å². The predicted molar refractivity (Wildman–Crippen MR) is 102 cm³/mol. The smallest absolute Gasteiger partial charge is 0.130 e. The average Bonchev–Trinajstić information content (AvgIpc) is 3.23. The van der Waals surface area contributed by atoms with Gasteiger partial charge >= 0.3 is 0 Å². The minimum absolute atomic E-state index is 0.200. The Morgan fingerprint density at radius 2 is 2.19 bits per heavy atom. The van der Waals surface area contributed by atoms with Crippen LogP contribution in [0.5, 0.6) is 5.75 Å². The van der Waals surface area contributed by atoms with Crippen molar-refractivity contribution in [3.63, 3.8) is 0 Å². The quantitative estimate of drug-likeness (QED) is 0.798. The van der Waals surface area contributed by atoms with Gasteiger partial charge in [-0.25, -0.2) is 0 Å². The second kappa shape index (κ2) is 7.77. The summed E-state index contributed by atoms with van der Waals surface area (Å²) >= 11 is 0. The molecule has 0 unspecified atom stereocenters. The van der Waals surface area contributed by atoms with Gasteiger partial charge in [-0.1, -0.05) is 24.6 Å². The van der Waals surface area contributed by atoms with Gasteiger partial charge in [-0.3, -0.25) is 4.98 Å². The van der Waals surface area contributed by atoms with Gasteiger partial charge in [0.25, 0.3) is 0 Å². The Kier molecular flexibility index (Phi) is 5.23. The van der Waals surface area contributed by atoms with E-state index in [0.717, 1.165) is 24.4 Å². The molecular formula is C22H28N2O2. The van der Waals surface area contributed by atoms with E-state index in [9.17, 15) is 5.11 Å². The van der Waals surface area contributed by atoms with Gasteiger partial charge in [0.2, 0.25) is 0 Å². The summed E-state index contributed by atoms with van der Waals surface area (Å²) in [5.41, 5.74) is 2.37. The van der Waals surface area contributed by atoms with Gasteiger partial charge in [0.05, 0.1) is 5.69 Å². The molecule has 2 saturated carbocycles. The first-order chi connectivity index (χ1) is 12.8. The summed E-state index contributed by atoms with van der Waals surface area (Å²) < 4.78 is 5.88. The molecule has 0 spiro atoms. The number of hydrogen-bond acceptors (Lipinski definition) is 4. The molecule has 2 N–H and O–H groups in total. The van der Waals surface area contributed by atoms with Crippen molar-refractivity contribution in [2.24, 2.45) is 11.3 Å². The summed E-state index contributed by atoms with van der Waals surface area (Å²) in [7, 11) is 0. The third-order valence-electron chi connectivity index (χ3n) is 6.24. The van der Waals surface area contributed by atoms with Crippen LogP contribution in [0.4, 0.5) is 0 Å². The maximum Gasteiger partial charge on any atom is 0.130 e. The third-order valence-corrected chi connectivity index (χ3v) is 6.24. The van der Waals surface area contributed by atoms with Crippen molar-refractivity contribution in [3.8, 4) is 5.75 Å². The zero-order chi connectivity index (χ0) is 17.8. The molecule has 1 heterocycles. The van der Waals surface area contributed by atoms with Crippen LogP contribution in [-0.4, -0.2) is 22.7 Å². The minimum atomic E-state index is 0.200. The molecule has 4 nitrogen and oxygen atoms in total. The topological polar surface area (TPSA) is 54.4 Å². The van der Waals surface area contributed by atoms with E-state index in [-0.39, 0.29) is 5.41 Å². The van der Waals surface area contributed by atoms with Crippen molar-refractivity contribution < 1.29 is 9.84 Å². The van der Waals surface area contributed by atoms with Crippen molar-refractivity contribution in [1.82, 2.24) is 10.3 Å². The molecule has 2 aliphatic rings. The molecule has 2 aromatic rings. The summed E-state index contributed by atoms with van der Waals surface area (Å²) in [5, 5.41) is 13.6. The Balaban J connectivity index is 1.30. The molecular weight excluding hydrogens is 324 g/mol. The molecule has 4 rings (SSSR count). The molecule has 0 radical (unpaired) electrons. The Labute approximate surface area is 155 Å². The van der Waals surface area contributed by atoms with Gasteiger partial charge in [0, 0.05) is 25.4 Å². The Hall–Kier alpha value is -1.91. The summed E-state index contributed by atoms with van der Waals surface area (Å²) in [6, 6.07) is 14.7. The van der Waals surface area contributed by atoms with Gasteiger partial charge in [0.1, 0.15) is 12.4 Å². The lowest BCUT2D eigenvalue weighted by Gasteiger charge is -2.26. The maximum atomic E-state index is 9.87. The fourth-order valence-corrected chi connectivity index (χ4v) is 4.84. The molecule has 2 aliphatic carbocycles. The van der Waals surface area contributed by atoms with Crippen LogP contribution in [0, 0.1) is 11.3 Å². The van der Waals surface area contributed by atoms with Crippen molar-refractivity contribution in [2.45, 2.75) is 51.3 Å². The lowest BCUT2D eigenvalue weighted by atomic mass is 9.81. The van der Waals surface area contributed by atoms with Gasteiger partial charge < -0.3 is 15.2 Å². The highest BCUT2D eigenvalue weighted by Gasteiger charge is 2.49. The first-order valence-electron chi connectivity index (χ1n) is 9.73. The zero-order valence-corrected chi connectivity index (χ0v) is 15.2. The van der Waals surface area contributed by atoms with E-state index in [1.165, 1.54) is 31.2 Å². The van der Waals surface area contributed by atoms with E-state index >= 15 is 0 Å². The number of pyridine rings is 1. The monoisotopic (exact) mass is 352 g/mol. The van der Waals surface area contributed by atoms with Gasteiger partial charge in [-0.05, 0) is 66.8 Å². The molecule has 0 aliphatic heterocycles. The van der Waals surface area contributed by atoms with Crippen LogP contribution in [0.1, 0.15) is 43.4 Å². The molecule has 2 fully saturated rings. The fraction of sp³-hybridized carbons (Fsp3) is 0.500. The number of ether oxygens (including phenoxy) is 1. The predicted octanol–water partition coefficient (Wildman–Crippen LogP) is 3.69.